The fourth-order valence-electron chi connectivity index (χ4n) is 2.62. The molecule has 8 nitrogen and oxygen atoms in total. The van der Waals surface area contributed by atoms with Gasteiger partial charge >= 0.3 is 5.97 Å². The molecule has 1 aromatic carbocycles. The highest BCUT2D eigenvalue weighted by molar-refractivity contribution is 6.05. The number of benzene rings is 1. The van der Waals surface area contributed by atoms with Crippen molar-refractivity contribution in [2.24, 2.45) is 18.7 Å². The van der Waals surface area contributed by atoms with E-state index >= 15 is 0 Å². The minimum absolute atomic E-state index is 0.195. The zero-order valence-corrected chi connectivity index (χ0v) is 13.8. The van der Waals surface area contributed by atoms with Crippen LogP contribution < -0.4 is 11.1 Å². The minimum atomic E-state index is -1.65. The molecule has 0 spiro atoms. The summed E-state index contributed by atoms with van der Waals surface area (Å²) in [4.78, 5) is 46.6. The molecule has 0 aliphatic heterocycles. The van der Waals surface area contributed by atoms with Crippen LogP contribution in [0.1, 0.15) is 17.4 Å². The van der Waals surface area contributed by atoms with E-state index < -0.39 is 35.7 Å². The van der Waals surface area contributed by atoms with Crippen LogP contribution in [0, 0.1) is 5.92 Å². The van der Waals surface area contributed by atoms with Crippen molar-refractivity contribution in [1.82, 2.24) is 9.88 Å². The Labute approximate surface area is 143 Å². The number of carboxylic acids is 1. The van der Waals surface area contributed by atoms with Gasteiger partial charge in [0.2, 0.25) is 0 Å². The number of nitrogens with zero attached hydrogens (tertiary/aromatic N) is 1. The van der Waals surface area contributed by atoms with Gasteiger partial charge in [-0.25, -0.2) is 0 Å². The van der Waals surface area contributed by atoms with Gasteiger partial charge in [0.15, 0.2) is 5.78 Å². The first-order valence-corrected chi connectivity index (χ1v) is 7.60. The Kier molecular flexibility index (Phi) is 5.33. The second-order valence-electron chi connectivity index (χ2n) is 5.77. The van der Waals surface area contributed by atoms with Gasteiger partial charge in [-0.15, -0.1) is 0 Å². The number of rotatable bonds is 7. The summed E-state index contributed by atoms with van der Waals surface area (Å²) in [5.41, 5.74) is 6.55. The van der Waals surface area contributed by atoms with Gasteiger partial charge in [-0.1, -0.05) is 18.2 Å². The second kappa shape index (κ2) is 7.27. The smallest absolute Gasteiger partial charge is 0.321 e. The van der Waals surface area contributed by atoms with Gasteiger partial charge in [0.05, 0.1) is 6.04 Å². The van der Waals surface area contributed by atoms with E-state index in [-0.39, 0.29) is 6.29 Å². The van der Waals surface area contributed by atoms with E-state index in [1.165, 1.54) is 6.92 Å². The molecule has 4 N–H and O–H groups in total. The number of para-hydroxylation sites is 1. The van der Waals surface area contributed by atoms with Crippen LogP contribution in [0.5, 0.6) is 0 Å². The molecule has 0 radical (unpaired) electrons. The largest absolute Gasteiger partial charge is 0.480 e. The molecule has 0 saturated carbocycles. The van der Waals surface area contributed by atoms with Crippen LogP contribution in [0.2, 0.25) is 0 Å². The Morgan fingerprint density at radius 1 is 1.28 bits per heavy atom. The average Bonchev–Trinajstić information content (AvgIpc) is 2.92. The van der Waals surface area contributed by atoms with Crippen LogP contribution >= 0.6 is 0 Å². The molecule has 2 rings (SSSR count). The molecule has 8 heteroatoms. The minimum Gasteiger partial charge on any atom is -0.480 e. The highest BCUT2D eigenvalue weighted by atomic mass is 16.4. The number of carbonyl (C=O) groups excluding carboxylic acids is 3. The predicted molar refractivity (Wildman–Crippen MR) is 90.0 cm³/mol. The van der Waals surface area contributed by atoms with Crippen molar-refractivity contribution in [3.05, 3.63) is 36.0 Å². The number of aldehydes is 1. The number of hydrogen-bond donors (Lipinski definition) is 3. The molecule has 2 aromatic rings. The summed E-state index contributed by atoms with van der Waals surface area (Å²) in [6, 6.07) is 6.37. The van der Waals surface area contributed by atoms with E-state index in [1.54, 1.807) is 17.7 Å². The van der Waals surface area contributed by atoms with E-state index in [2.05, 4.69) is 5.32 Å². The van der Waals surface area contributed by atoms with Gasteiger partial charge in [-0.3, -0.25) is 14.4 Å². The Morgan fingerprint density at radius 2 is 1.92 bits per heavy atom. The number of amides is 1. The molecule has 1 aromatic heterocycles. The highest BCUT2D eigenvalue weighted by Gasteiger charge is 2.34. The SMILES string of the molecule is C[C@H](NC(=O)c1cc2ccccc2n1C)C(=O)C(C=O)C(N)C(=O)O. The summed E-state index contributed by atoms with van der Waals surface area (Å²) < 4.78 is 1.68. The van der Waals surface area contributed by atoms with Crippen LogP contribution in [-0.2, 0) is 21.4 Å². The Bertz CT molecular complexity index is 842. The molecule has 25 heavy (non-hydrogen) atoms. The van der Waals surface area contributed by atoms with E-state index in [0.29, 0.717) is 5.69 Å². The summed E-state index contributed by atoms with van der Waals surface area (Å²) in [5.74, 6) is -4.25. The number of carboxylic acid groups (broad SMARTS) is 1. The van der Waals surface area contributed by atoms with Crippen molar-refractivity contribution in [3.8, 4) is 0 Å². The van der Waals surface area contributed by atoms with Crippen LogP contribution in [0.15, 0.2) is 30.3 Å². The summed E-state index contributed by atoms with van der Waals surface area (Å²) in [6.45, 7) is 1.38. The van der Waals surface area contributed by atoms with Gasteiger partial charge in [-0.05, 0) is 19.1 Å². The average molecular weight is 345 g/mol. The quantitative estimate of drug-likeness (QED) is 0.481. The summed E-state index contributed by atoms with van der Waals surface area (Å²) in [6.07, 6.45) is 0.195. The molecule has 2 unspecified atom stereocenters. The van der Waals surface area contributed by atoms with Gasteiger partial charge in [-0.2, -0.15) is 0 Å². The maximum absolute atomic E-state index is 12.4. The Hall–Kier alpha value is -3.00. The maximum Gasteiger partial charge on any atom is 0.321 e. The van der Waals surface area contributed by atoms with Crippen molar-refractivity contribution in [1.29, 1.82) is 0 Å². The van der Waals surface area contributed by atoms with Crippen LogP contribution in [0.3, 0.4) is 0 Å². The number of aliphatic carboxylic acids is 1. The van der Waals surface area contributed by atoms with Crippen LogP contribution in [-0.4, -0.2) is 45.7 Å². The first-order chi connectivity index (χ1) is 11.8. The van der Waals surface area contributed by atoms with Crippen molar-refractivity contribution in [2.45, 2.75) is 19.0 Å². The van der Waals surface area contributed by atoms with Crippen molar-refractivity contribution >= 4 is 34.8 Å². The molecule has 1 heterocycles. The summed E-state index contributed by atoms with van der Waals surface area (Å²) in [5, 5.41) is 12.2. The molecular formula is C17H19N3O5. The molecule has 0 saturated heterocycles. The topological polar surface area (TPSA) is 131 Å². The number of aryl methyl sites for hydroxylation is 1. The lowest BCUT2D eigenvalue weighted by atomic mass is 9.93. The summed E-state index contributed by atoms with van der Waals surface area (Å²) in [7, 11) is 1.72. The normalized spacial score (nSPS) is 14.5. The third-order valence-corrected chi connectivity index (χ3v) is 4.11. The monoisotopic (exact) mass is 345 g/mol. The molecule has 3 atom stereocenters. The van der Waals surface area contributed by atoms with E-state index in [4.69, 9.17) is 10.8 Å². The number of carbonyl (C=O) groups is 4. The maximum atomic E-state index is 12.4. The molecule has 0 bridgehead atoms. The van der Waals surface area contributed by atoms with Crippen molar-refractivity contribution in [2.75, 3.05) is 0 Å². The number of hydrogen-bond acceptors (Lipinski definition) is 5. The number of aromatic nitrogens is 1. The zero-order chi connectivity index (χ0) is 18.7. The molecule has 0 fully saturated rings. The molecule has 0 aliphatic carbocycles. The fraction of sp³-hybridized carbons (Fsp3) is 0.294. The lowest BCUT2D eigenvalue weighted by Crippen LogP contribution is -2.50. The lowest BCUT2D eigenvalue weighted by Gasteiger charge is -2.19. The van der Waals surface area contributed by atoms with Gasteiger partial charge in [0.25, 0.3) is 5.91 Å². The number of nitrogens with two attached hydrogens (primary N) is 1. The molecule has 0 aliphatic rings. The fourth-order valence-corrected chi connectivity index (χ4v) is 2.62. The van der Waals surface area contributed by atoms with Crippen molar-refractivity contribution in [3.63, 3.8) is 0 Å². The van der Waals surface area contributed by atoms with Crippen LogP contribution in [0.4, 0.5) is 0 Å². The predicted octanol–water partition coefficient (Wildman–Crippen LogP) is 0.0927. The third-order valence-electron chi connectivity index (χ3n) is 4.11. The Balaban J connectivity index is 2.18. The van der Waals surface area contributed by atoms with Crippen molar-refractivity contribution < 1.29 is 24.3 Å². The Morgan fingerprint density at radius 3 is 2.48 bits per heavy atom. The van der Waals surface area contributed by atoms with E-state index in [1.807, 2.05) is 24.3 Å². The van der Waals surface area contributed by atoms with Crippen LogP contribution in [0.25, 0.3) is 10.9 Å². The first kappa shape index (κ1) is 18.3. The third kappa shape index (κ3) is 3.58. The number of Topliss-reactive ketones (excluding diaryl/α,β-unsaturated/α-hetero) is 1. The lowest BCUT2D eigenvalue weighted by molar-refractivity contribution is -0.144. The molecule has 1 amide bonds. The first-order valence-electron chi connectivity index (χ1n) is 7.60. The summed E-state index contributed by atoms with van der Waals surface area (Å²) >= 11 is 0. The van der Waals surface area contributed by atoms with Gasteiger partial charge in [0.1, 0.15) is 23.9 Å². The van der Waals surface area contributed by atoms with Gasteiger partial charge in [0, 0.05) is 18.0 Å². The number of fused-ring (bicyclic) bond motifs is 1. The second-order valence-corrected chi connectivity index (χ2v) is 5.77. The molecular weight excluding hydrogens is 326 g/mol. The standard InChI is InChI=1S/C17H19N3O5/c1-9(15(22)11(8-21)14(18)17(24)25)19-16(23)13-7-10-5-3-4-6-12(10)20(13)2/h3-9,11,14H,18H2,1-2H3,(H,19,23)(H,24,25)/t9-,11?,14?/m0/s1. The van der Waals surface area contributed by atoms with E-state index in [9.17, 15) is 19.2 Å². The number of ketones is 1. The molecule has 132 valence electrons. The number of nitrogens with one attached hydrogen (secondary N) is 1. The van der Waals surface area contributed by atoms with E-state index in [0.717, 1.165) is 10.9 Å². The highest BCUT2D eigenvalue weighted by Crippen LogP contribution is 2.18. The zero-order valence-electron chi connectivity index (χ0n) is 13.8. The van der Waals surface area contributed by atoms with Gasteiger partial charge < -0.3 is 25.5 Å².